The molecule has 3 rings (SSSR count). The van der Waals surface area contributed by atoms with E-state index in [1.54, 1.807) is 16.5 Å². The molecule has 0 aliphatic carbocycles. The van der Waals surface area contributed by atoms with Crippen LogP contribution in [0.25, 0.3) is 0 Å². The first kappa shape index (κ1) is 19.4. The van der Waals surface area contributed by atoms with Crippen LogP contribution in [0.3, 0.4) is 0 Å². The molecule has 0 bridgehead atoms. The number of esters is 1. The van der Waals surface area contributed by atoms with Crippen LogP contribution >= 0.6 is 11.6 Å². The maximum atomic E-state index is 12.5. The third kappa shape index (κ3) is 4.89. The molecule has 1 aromatic carbocycles. The highest BCUT2D eigenvalue weighted by molar-refractivity contribution is 6.32. The number of halogens is 1. The normalized spacial score (nSPS) is 14.7. The number of rotatable bonds is 5. The van der Waals surface area contributed by atoms with Gasteiger partial charge in [-0.3, -0.25) is 4.79 Å². The fraction of sp³-hybridized carbons (Fsp3) is 0.450. The highest BCUT2D eigenvalue weighted by atomic mass is 35.5. The van der Waals surface area contributed by atoms with E-state index in [1.807, 2.05) is 30.3 Å². The van der Waals surface area contributed by atoms with Gasteiger partial charge in [-0.1, -0.05) is 54.8 Å². The number of carbonyl (C=O) groups excluding carboxylic acids is 2. The summed E-state index contributed by atoms with van der Waals surface area (Å²) in [5, 5.41) is 4.57. The third-order valence-electron chi connectivity index (χ3n) is 4.73. The van der Waals surface area contributed by atoms with Gasteiger partial charge in [0.05, 0.1) is 12.2 Å². The average molecular weight is 390 g/mol. The van der Waals surface area contributed by atoms with E-state index in [-0.39, 0.29) is 23.2 Å². The molecule has 0 saturated carbocycles. The summed E-state index contributed by atoms with van der Waals surface area (Å²) in [6.45, 7) is 3.36. The third-order valence-corrected chi connectivity index (χ3v) is 5.11. The molecule has 0 N–H and O–H groups in total. The van der Waals surface area contributed by atoms with Crippen molar-refractivity contribution < 1.29 is 14.3 Å². The second-order valence-corrected chi connectivity index (χ2v) is 7.12. The molecule has 2 aromatic rings. The van der Waals surface area contributed by atoms with Gasteiger partial charge in [-0.05, 0) is 25.3 Å². The highest BCUT2D eigenvalue weighted by Gasteiger charge is 2.24. The number of ether oxygens (including phenoxy) is 1. The van der Waals surface area contributed by atoms with E-state index < -0.39 is 5.97 Å². The molecule has 1 aliphatic heterocycles. The van der Waals surface area contributed by atoms with Gasteiger partial charge in [0.2, 0.25) is 0 Å². The van der Waals surface area contributed by atoms with Crippen molar-refractivity contribution in [3.8, 4) is 0 Å². The smallest absolute Gasteiger partial charge is 0.343 e. The first-order valence-electron chi connectivity index (χ1n) is 9.28. The minimum Gasteiger partial charge on any atom is -0.452 e. The molecule has 1 aliphatic rings. The van der Waals surface area contributed by atoms with Crippen molar-refractivity contribution in [1.82, 2.24) is 14.7 Å². The number of aromatic nitrogens is 2. The lowest BCUT2D eigenvalue weighted by atomic mass is 10.2. The first-order valence-corrected chi connectivity index (χ1v) is 9.66. The molecule has 0 atom stereocenters. The predicted molar refractivity (Wildman–Crippen MR) is 103 cm³/mol. The molecule has 0 radical (unpaired) electrons. The zero-order chi connectivity index (χ0) is 19.2. The zero-order valence-electron chi connectivity index (χ0n) is 15.5. The second-order valence-electron chi connectivity index (χ2n) is 6.77. The molecule has 1 amide bonds. The number of carbonyl (C=O) groups is 2. The summed E-state index contributed by atoms with van der Waals surface area (Å²) in [5.41, 5.74) is 1.73. The molecule has 144 valence electrons. The molecule has 1 saturated heterocycles. The largest absolute Gasteiger partial charge is 0.452 e. The van der Waals surface area contributed by atoms with Crippen LogP contribution in [0.1, 0.15) is 47.3 Å². The topological polar surface area (TPSA) is 64.4 Å². The standard InChI is InChI=1S/C20H24ClN3O3/c1-15-18(19(21)24(22-15)13-16-9-5-4-6-10-16)20(26)27-14-17(25)23-11-7-2-3-8-12-23/h4-6,9-10H,2-3,7-8,11-14H2,1H3. The Morgan fingerprint density at radius 1 is 1.11 bits per heavy atom. The van der Waals surface area contributed by atoms with E-state index >= 15 is 0 Å². The van der Waals surface area contributed by atoms with Gasteiger partial charge in [-0.25, -0.2) is 9.48 Å². The molecular formula is C20H24ClN3O3. The van der Waals surface area contributed by atoms with Crippen molar-refractivity contribution in [1.29, 1.82) is 0 Å². The van der Waals surface area contributed by atoms with E-state index in [0.29, 0.717) is 12.2 Å². The van der Waals surface area contributed by atoms with Crippen LogP contribution in [-0.2, 0) is 16.1 Å². The number of amides is 1. The number of hydrogen-bond donors (Lipinski definition) is 0. The van der Waals surface area contributed by atoms with Crippen LogP contribution < -0.4 is 0 Å². The molecule has 7 heteroatoms. The monoisotopic (exact) mass is 389 g/mol. The lowest BCUT2D eigenvalue weighted by molar-refractivity contribution is -0.134. The SMILES string of the molecule is Cc1nn(Cc2ccccc2)c(Cl)c1C(=O)OCC(=O)N1CCCCCC1. The van der Waals surface area contributed by atoms with Gasteiger partial charge in [0.1, 0.15) is 10.7 Å². The second kappa shape index (κ2) is 9.04. The maximum absolute atomic E-state index is 12.5. The minimum absolute atomic E-state index is 0.157. The van der Waals surface area contributed by atoms with Gasteiger partial charge in [-0.2, -0.15) is 5.10 Å². The summed E-state index contributed by atoms with van der Waals surface area (Å²) in [7, 11) is 0. The van der Waals surface area contributed by atoms with Gasteiger partial charge in [0.25, 0.3) is 5.91 Å². The Morgan fingerprint density at radius 2 is 1.78 bits per heavy atom. The maximum Gasteiger partial charge on any atom is 0.343 e. The quantitative estimate of drug-likeness (QED) is 0.734. The van der Waals surface area contributed by atoms with Crippen molar-refractivity contribution in [2.24, 2.45) is 0 Å². The van der Waals surface area contributed by atoms with Gasteiger partial charge < -0.3 is 9.64 Å². The Balaban J connectivity index is 1.63. The number of aryl methyl sites for hydroxylation is 1. The first-order chi connectivity index (χ1) is 13.1. The van der Waals surface area contributed by atoms with Crippen LogP contribution in [-0.4, -0.2) is 46.3 Å². The Hall–Kier alpha value is -2.34. The minimum atomic E-state index is -0.611. The molecule has 27 heavy (non-hydrogen) atoms. The van der Waals surface area contributed by atoms with E-state index in [0.717, 1.165) is 44.3 Å². The Labute approximate surface area is 164 Å². The van der Waals surface area contributed by atoms with Crippen molar-refractivity contribution in [3.63, 3.8) is 0 Å². The highest BCUT2D eigenvalue weighted by Crippen LogP contribution is 2.22. The Kier molecular flexibility index (Phi) is 6.50. The van der Waals surface area contributed by atoms with Gasteiger partial charge >= 0.3 is 5.97 Å². The number of hydrogen-bond acceptors (Lipinski definition) is 4. The lowest BCUT2D eigenvalue weighted by Gasteiger charge is -2.19. The molecular weight excluding hydrogens is 366 g/mol. The van der Waals surface area contributed by atoms with Gasteiger partial charge in [-0.15, -0.1) is 0 Å². The predicted octanol–water partition coefficient (Wildman–Crippen LogP) is 3.45. The van der Waals surface area contributed by atoms with Gasteiger partial charge in [0.15, 0.2) is 6.61 Å². The van der Waals surface area contributed by atoms with Crippen molar-refractivity contribution in [2.75, 3.05) is 19.7 Å². The molecule has 0 spiro atoms. The number of likely N-dealkylation sites (tertiary alicyclic amines) is 1. The molecule has 6 nitrogen and oxygen atoms in total. The number of benzene rings is 1. The van der Waals surface area contributed by atoms with Crippen molar-refractivity contribution in [3.05, 3.63) is 52.3 Å². The molecule has 0 unspecified atom stereocenters. The summed E-state index contributed by atoms with van der Waals surface area (Å²) in [4.78, 5) is 26.5. The van der Waals surface area contributed by atoms with E-state index in [2.05, 4.69) is 5.10 Å². The van der Waals surface area contributed by atoms with Crippen LogP contribution in [0.2, 0.25) is 5.15 Å². The fourth-order valence-corrected chi connectivity index (χ4v) is 3.57. The molecule has 1 aromatic heterocycles. The Morgan fingerprint density at radius 3 is 2.44 bits per heavy atom. The summed E-state index contributed by atoms with van der Waals surface area (Å²) >= 11 is 6.36. The van der Waals surface area contributed by atoms with Crippen molar-refractivity contribution >= 4 is 23.5 Å². The van der Waals surface area contributed by atoms with Crippen LogP contribution in [0, 0.1) is 6.92 Å². The van der Waals surface area contributed by atoms with E-state index in [9.17, 15) is 9.59 Å². The van der Waals surface area contributed by atoms with Crippen LogP contribution in [0.15, 0.2) is 30.3 Å². The van der Waals surface area contributed by atoms with E-state index in [1.165, 1.54) is 0 Å². The lowest BCUT2D eigenvalue weighted by Crippen LogP contribution is -2.35. The van der Waals surface area contributed by atoms with E-state index in [4.69, 9.17) is 16.3 Å². The fourth-order valence-electron chi connectivity index (χ4n) is 3.26. The summed E-state index contributed by atoms with van der Waals surface area (Å²) < 4.78 is 6.81. The van der Waals surface area contributed by atoms with Gasteiger partial charge in [0, 0.05) is 13.1 Å². The van der Waals surface area contributed by atoms with Crippen LogP contribution in [0.4, 0.5) is 0 Å². The number of nitrogens with zero attached hydrogens (tertiary/aromatic N) is 3. The molecule has 2 heterocycles. The zero-order valence-corrected chi connectivity index (χ0v) is 16.2. The average Bonchev–Trinajstić information content (AvgIpc) is 2.86. The molecule has 1 fully saturated rings. The van der Waals surface area contributed by atoms with Crippen LogP contribution in [0.5, 0.6) is 0 Å². The Bertz CT molecular complexity index is 796. The summed E-state index contributed by atoms with van der Waals surface area (Å²) in [6.07, 6.45) is 4.27. The summed E-state index contributed by atoms with van der Waals surface area (Å²) in [5.74, 6) is -0.768. The van der Waals surface area contributed by atoms with Crippen molar-refractivity contribution in [2.45, 2.75) is 39.2 Å². The summed E-state index contributed by atoms with van der Waals surface area (Å²) in [6, 6.07) is 9.73.